The zero-order chi connectivity index (χ0) is 15.9. The average Bonchev–Trinajstić information content (AvgIpc) is 2.88. The normalized spacial score (nSPS) is 21.4. The fourth-order valence-electron chi connectivity index (χ4n) is 3.04. The highest BCUT2D eigenvalue weighted by atomic mass is 32.2. The highest BCUT2D eigenvalue weighted by Gasteiger charge is 2.29. The second-order valence-corrected chi connectivity index (χ2v) is 8.10. The van der Waals surface area contributed by atoms with Crippen LogP contribution < -0.4 is 4.90 Å². The molecule has 0 aromatic carbocycles. The zero-order valence-corrected chi connectivity index (χ0v) is 14.1. The van der Waals surface area contributed by atoms with Gasteiger partial charge in [0.05, 0.1) is 17.7 Å². The molecular formula is C15H22N4O2S. The summed E-state index contributed by atoms with van der Waals surface area (Å²) in [6, 6.07) is 1.99. The van der Waals surface area contributed by atoms with Crippen molar-refractivity contribution >= 4 is 21.3 Å². The summed E-state index contributed by atoms with van der Waals surface area (Å²) in [5, 5.41) is 4.43. The maximum Gasteiger partial charge on any atom is 0.160 e. The molecule has 1 aliphatic heterocycles. The van der Waals surface area contributed by atoms with Crippen LogP contribution in [0.2, 0.25) is 0 Å². The summed E-state index contributed by atoms with van der Waals surface area (Å²) >= 11 is 0. The van der Waals surface area contributed by atoms with Crippen molar-refractivity contribution in [2.45, 2.75) is 39.7 Å². The molecule has 2 aromatic rings. The molecule has 1 atom stereocenters. The van der Waals surface area contributed by atoms with Gasteiger partial charge in [-0.2, -0.15) is 5.10 Å². The molecule has 0 aliphatic carbocycles. The first kappa shape index (κ1) is 15.3. The third-order valence-electron chi connectivity index (χ3n) is 4.31. The van der Waals surface area contributed by atoms with E-state index in [2.05, 4.69) is 23.8 Å². The van der Waals surface area contributed by atoms with Crippen LogP contribution in [-0.2, 0) is 22.7 Å². The van der Waals surface area contributed by atoms with E-state index in [-0.39, 0.29) is 17.5 Å². The van der Waals surface area contributed by atoms with E-state index in [1.54, 1.807) is 0 Å². The summed E-state index contributed by atoms with van der Waals surface area (Å²) in [5.74, 6) is 1.26. The average molecular weight is 322 g/mol. The molecule has 0 amide bonds. The lowest BCUT2D eigenvalue weighted by Crippen LogP contribution is -2.47. The first-order valence-corrected chi connectivity index (χ1v) is 9.61. The summed E-state index contributed by atoms with van der Waals surface area (Å²) in [4.78, 5) is 6.87. The maximum absolute atomic E-state index is 11.8. The lowest BCUT2D eigenvalue weighted by Gasteiger charge is -2.34. The Morgan fingerprint density at radius 3 is 2.73 bits per heavy atom. The predicted molar refractivity (Wildman–Crippen MR) is 87.2 cm³/mol. The van der Waals surface area contributed by atoms with E-state index in [9.17, 15) is 8.42 Å². The molecule has 1 saturated heterocycles. The summed E-state index contributed by atoms with van der Waals surface area (Å²) in [6.45, 7) is 6.64. The smallest absolute Gasteiger partial charge is 0.160 e. The van der Waals surface area contributed by atoms with Crippen molar-refractivity contribution in [3.8, 4) is 0 Å². The second kappa shape index (κ2) is 5.53. The standard InChI is InChI=1S/C15H22N4O2S/c1-4-12-9-16-19-13(5-2)8-14(17-15(12)19)18-6-7-22(20,21)10-11(18)3/h8-9,11H,4-7,10H2,1-3H3. The first-order valence-electron chi connectivity index (χ1n) is 7.78. The van der Waals surface area contributed by atoms with E-state index in [4.69, 9.17) is 4.98 Å². The lowest BCUT2D eigenvalue weighted by atomic mass is 10.2. The Morgan fingerprint density at radius 2 is 2.09 bits per heavy atom. The predicted octanol–water partition coefficient (Wildman–Crippen LogP) is 1.48. The number of hydrogen-bond donors (Lipinski definition) is 0. The Balaban J connectivity index is 2.07. The van der Waals surface area contributed by atoms with Crippen LogP contribution in [0.5, 0.6) is 0 Å². The van der Waals surface area contributed by atoms with E-state index in [1.165, 1.54) is 0 Å². The Morgan fingerprint density at radius 1 is 1.32 bits per heavy atom. The van der Waals surface area contributed by atoms with Gasteiger partial charge in [-0.25, -0.2) is 17.9 Å². The second-order valence-electron chi connectivity index (χ2n) is 5.87. The first-order chi connectivity index (χ1) is 10.4. The van der Waals surface area contributed by atoms with E-state index in [0.717, 1.165) is 35.6 Å². The van der Waals surface area contributed by atoms with Gasteiger partial charge in [0, 0.05) is 29.9 Å². The minimum absolute atomic E-state index is 0.0496. The molecule has 3 rings (SSSR count). The molecule has 0 spiro atoms. The summed E-state index contributed by atoms with van der Waals surface area (Å²) < 4.78 is 25.4. The Bertz CT molecular complexity index is 797. The van der Waals surface area contributed by atoms with Crippen molar-refractivity contribution in [1.29, 1.82) is 0 Å². The molecule has 1 fully saturated rings. The molecule has 7 heteroatoms. The number of rotatable bonds is 3. The summed E-state index contributed by atoms with van der Waals surface area (Å²) in [6.07, 6.45) is 3.61. The number of sulfone groups is 1. The van der Waals surface area contributed by atoms with Crippen molar-refractivity contribution in [3.05, 3.63) is 23.5 Å². The molecule has 22 heavy (non-hydrogen) atoms. The number of hydrogen-bond acceptors (Lipinski definition) is 5. The quantitative estimate of drug-likeness (QED) is 0.856. The molecule has 120 valence electrons. The van der Waals surface area contributed by atoms with Crippen LogP contribution in [0.4, 0.5) is 5.82 Å². The van der Waals surface area contributed by atoms with Crippen LogP contribution in [0, 0.1) is 0 Å². The molecule has 0 radical (unpaired) electrons. The van der Waals surface area contributed by atoms with Crippen molar-refractivity contribution < 1.29 is 8.42 Å². The number of anilines is 1. The van der Waals surface area contributed by atoms with Gasteiger partial charge >= 0.3 is 0 Å². The van der Waals surface area contributed by atoms with Crippen molar-refractivity contribution in [2.24, 2.45) is 0 Å². The fraction of sp³-hybridized carbons (Fsp3) is 0.600. The number of aryl methyl sites for hydroxylation is 2. The van der Waals surface area contributed by atoms with Gasteiger partial charge in [-0.1, -0.05) is 13.8 Å². The summed E-state index contributed by atoms with van der Waals surface area (Å²) in [7, 11) is -2.92. The summed E-state index contributed by atoms with van der Waals surface area (Å²) in [5.41, 5.74) is 3.10. The van der Waals surface area contributed by atoms with Gasteiger partial charge in [0.15, 0.2) is 15.5 Å². The van der Waals surface area contributed by atoms with E-state index in [0.29, 0.717) is 6.54 Å². The van der Waals surface area contributed by atoms with Gasteiger partial charge in [0.25, 0.3) is 0 Å². The number of nitrogens with zero attached hydrogens (tertiary/aromatic N) is 4. The molecule has 0 N–H and O–H groups in total. The van der Waals surface area contributed by atoms with Crippen molar-refractivity contribution in [3.63, 3.8) is 0 Å². The van der Waals surface area contributed by atoms with Crippen LogP contribution in [-0.4, -0.2) is 47.1 Å². The van der Waals surface area contributed by atoms with E-state index >= 15 is 0 Å². The lowest BCUT2D eigenvalue weighted by molar-refractivity contribution is 0.566. The van der Waals surface area contributed by atoms with Crippen molar-refractivity contribution in [2.75, 3.05) is 23.0 Å². The molecule has 1 aliphatic rings. The molecule has 1 unspecified atom stereocenters. The molecular weight excluding hydrogens is 300 g/mol. The SMILES string of the molecule is CCc1cnn2c(CC)cc(N3CCS(=O)(=O)CC3C)nc12. The van der Waals surface area contributed by atoms with E-state index in [1.807, 2.05) is 23.7 Å². The fourth-order valence-corrected chi connectivity index (χ4v) is 4.60. The molecule has 2 aromatic heterocycles. The highest BCUT2D eigenvalue weighted by molar-refractivity contribution is 7.91. The third-order valence-corrected chi connectivity index (χ3v) is 6.11. The van der Waals surface area contributed by atoms with Gasteiger partial charge in [0.1, 0.15) is 5.82 Å². The van der Waals surface area contributed by atoms with Crippen LogP contribution in [0.3, 0.4) is 0 Å². The highest BCUT2D eigenvalue weighted by Crippen LogP contribution is 2.23. The molecule has 0 bridgehead atoms. The number of aromatic nitrogens is 3. The van der Waals surface area contributed by atoms with Crippen LogP contribution in [0.25, 0.3) is 5.65 Å². The Kier molecular flexibility index (Phi) is 3.84. The minimum atomic E-state index is -2.92. The topological polar surface area (TPSA) is 67.6 Å². The van der Waals surface area contributed by atoms with Gasteiger partial charge < -0.3 is 4.90 Å². The van der Waals surface area contributed by atoms with Crippen molar-refractivity contribution in [1.82, 2.24) is 14.6 Å². The van der Waals surface area contributed by atoms with Crippen LogP contribution in [0.15, 0.2) is 12.3 Å². The van der Waals surface area contributed by atoms with Gasteiger partial charge in [-0.3, -0.25) is 0 Å². The third kappa shape index (κ3) is 2.58. The number of fused-ring (bicyclic) bond motifs is 1. The maximum atomic E-state index is 11.8. The Hall–Kier alpha value is -1.63. The Labute approximate surface area is 131 Å². The van der Waals surface area contributed by atoms with E-state index < -0.39 is 9.84 Å². The molecule has 6 nitrogen and oxygen atoms in total. The zero-order valence-electron chi connectivity index (χ0n) is 13.3. The molecule has 3 heterocycles. The monoisotopic (exact) mass is 322 g/mol. The largest absolute Gasteiger partial charge is 0.352 e. The van der Waals surface area contributed by atoms with Gasteiger partial charge in [-0.05, 0) is 19.8 Å². The van der Waals surface area contributed by atoms with Crippen LogP contribution in [0.1, 0.15) is 32.0 Å². The minimum Gasteiger partial charge on any atom is -0.352 e. The van der Waals surface area contributed by atoms with Gasteiger partial charge in [0.2, 0.25) is 0 Å². The van der Waals surface area contributed by atoms with Crippen LogP contribution >= 0.6 is 0 Å². The molecule has 0 saturated carbocycles. The van der Waals surface area contributed by atoms with Gasteiger partial charge in [-0.15, -0.1) is 0 Å².